The number of nitrogens with zero attached hydrogens (tertiary/aromatic N) is 3. The van der Waals surface area contributed by atoms with E-state index in [1.165, 1.54) is 0 Å². The molecule has 0 radical (unpaired) electrons. The Morgan fingerprint density at radius 1 is 0.893 bits per heavy atom. The van der Waals surface area contributed by atoms with Crippen molar-refractivity contribution in [3.63, 3.8) is 0 Å². The van der Waals surface area contributed by atoms with E-state index in [9.17, 15) is 8.42 Å². The predicted molar refractivity (Wildman–Crippen MR) is 113 cm³/mol. The lowest BCUT2D eigenvalue weighted by Gasteiger charge is -2.08. The van der Waals surface area contributed by atoms with Crippen LogP contribution >= 0.6 is 0 Å². The van der Waals surface area contributed by atoms with E-state index in [2.05, 4.69) is 10.3 Å². The number of benzene rings is 2. The fraction of sp³-hybridized carbons (Fsp3) is 0.100. The van der Waals surface area contributed by atoms with Crippen molar-refractivity contribution in [3.8, 4) is 11.3 Å². The number of hydrogen-bond acceptors (Lipinski definition) is 5. The third-order valence-corrected chi connectivity index (χ3v) is 6.10. The van der Waals surface area contributed by atoms with E-state index in [4.69, 9.17) is 5.10 Å². The molecule has 6 nitrogen and oxygen atoms in total. The topological polar surface area (TPSA) is 76.4 Å². The minimum absolute atomic E-state index is 0.700. The van der Waals surface area contributed by atoms with Crippen LogP contribution in [0.2, 0.25) is 0 Å². The predicted octanol–water partition coefficient (Wildman–Crippen LogP) is 3.61. The van der Waals surface area contributed by atoms with Crippen LogP contribution in [0.15, 0.2) is 76.7 Å². The molecule has 0 aliphatic carbocycles. The molecule has 4 aromatic rings. The van der Waals surface area contributed by atoms with E-state index in [0.29, 0.717) is 11.5 Å². The Bertz CT molecular complexity index is 1220. The summed E-state index contributed by atoms with van der Waals surface area (Å²) in [6.07, 6.45) is 5.02. The lowest BCUT2D eigenvalue weighted by atomic mass is 10.1. The molecule has 2 atom stereocenters. The van der Waals surface area contributed by atoms with Gasteiger partial charge in [-0.15, -0.1) is 0 Å². The summed E-state index contributed by atoms with van der Waals surface area (Å²) in [5.74, 6) is 0.700. The van der Waals surface area contributed by atoms with Gasteiger partial charge in [0.2, 0.25) is 0 Å². The third-order valence-electron chi connectivity index (χ3n) is 4.26. The first-order valence-electron chi connectivity index (χ1n) is 8.50. The number of fused-ring (bicyclic) bond motifs is 1. The van der Waals surface area contributed by atoms with Crippen molar-refractivity contribution in [1.82, 2.24) is 14.6 Å². The van der Waals surface area contributed by atoms with Crippen molar-refractivity contribution in [3.05, 3.63) is 66.9 Å². The maximum atomic E-state index is 11.8. The highest BCUT2D eigenvalue weighted by atomic mass is 32.2. The fourth-order valence-electron chi connectivity index (χ4n) is 2.85. The number of aromatic nitrogens is 3. The molecular formula is C20H18N4O2S2. The molecule has 2 heterocycles. The molecule has 28 heavy (non-hydrogen) atoms. The van der Waals surface area contributed by atoms with Crippen molar-refractivity contribution in [2.24, 2.45) is 0 Å². The fourth-order valence-corrected chi connectivity index (χ4v) is 3.97. The molecule has 0 aliphatic heterocycles. The standard InChI is InChI=1S/C20H18N4O2S2/c1-27(25)16-7-3-5-14(11-16)18-9-10-19-21-13-20(24(19)23-18)22-15-6-4-8-17(12-15)28(2)26/h3-13,22H,1-2H3. The summed E-state index contributed by atoms with van der Waals surface area (Å²) >= 11 is 0. The number of imidazole rings is 1. The number of hydrogen-bond donors (Lipinski definition) is 1. The zero-order valence-corrected chi connectivity index (χ0v) is 17.0. The summed E-state index contributed by atoms with van der Waals surface area (Å²) in [7, 11) is -2.11. The summed E-state index contributed by atoms with van der Waals surface area (Å²) in [5.41, 5.74) is 3.16. The first-order chi connectivity index (χ1) is 13.5. The van der Waals surface area contributed by atoms with Gasteiger partial charge in [0.25, 0.3) is 0 Å². The van der Waals surface area contributed by atoms with Crippen molar-refractivity contribution in [2.75, 3.05) is 17.8 Å². The highest BCUT2D eigenvalue weighted by molar-refractivity contribution is 7.84. The van der Waals surface area contributed by atoms with Crippen LogP contribution in [0.1, 0.15) is 0 Å². The van der Waals surface area contributed by atoms with E-state index in [1.54, 1.807) is 23.2 Å². The van der Waals surface area contributed by atoms with Gasteiger partial charge in [-0.1, -0.05) is 18.2 Å². The smallest absolute Gasteiger partial charge is 0.155 e. The molecule has 4 rings (SSSR count). The number of nitrogens with one attached hydrogen (secondary N) is 1. The van der Waals surface area contributed by atoms with Gasteiger partial charge >= 0.3 is 0 Å². The molecular weight excluding hydrogens is 392 g/mol. The Morgan fingerprint density at radius 3 is 2.36 bits per heavy atom. The maximum Gasteiger partial charge on any atom is 0.155 e. The van der Waals surface area contributed by atoms with Crippen LogP contribution in [0.4, 0.5) is 11.5 Å². The number of anilines is 2. The molecule has 0 fully saturated rings. The average molecular weight is 411 g/mol. The second-order valence-electron chi connectivity index (χ2n) is 6.22. The third kappa shape index (κ3) is 3.74. The van der Waals surface area contributed by atoms with E-state index >= 15 is 0 Å². The van der Waals surface area contributed by atoms with Crippen molar-refractivity contribution >= 4 is 38.8 Å². The molecule has 142 valence electrons. The van der Waals surface area contributed by atoms with Crippen LogP contribution < -0.4 is 5.32 Å². The maximum absolute atomic E-state index is 11.8. The van der Waals surface area contributed by atoms with E-state index < -0.39 is 21.6 Å². The van der Waals surface area contributed by atoms with Gasteiger partial charge in [0.05, 0.1) is 11.9 Å². The molecule has 0 spiro atoms. The van der Waals surface area contributed by atoms with Gasteiger partial charge in [0.1, 0.15) is 0 Å². The second kappa shape index (κ2) is 7.65. The Hall–Kier alpha value is -2.84. The van der Waals surface area contributed by atoms with Gasteiger partial charge in [0, 0.05) is 55.2 Å². The molecule has 8 heteroatoms. The highest BCUT2D eigenvalue weighted by Crippen LogP contribution is 2.23. The summed E-state index contributed by atoms with van der Waals surface area (Å²) < 4.78 is 25.2. The second-order valence-corrected chi connectivity index (χ2v) is 8.98. The van der Waals surface area contributed by atoms with Crippen molar-refractivity contribution in [2.45, 2.75) is 9.79 Å². The van der Waals surface area contributed by atoms with Crippen LogP contribution in [-0.4, -0.2) is 35.5 Å². The van der Waals surface area contributed by atoms with Gasteiger partial charge in [-0.05, 0) is 42.5 Å². The molecule has 0 amide bonds. The van der Waals surface area contributed by atoms with Gasteiger partial charge in [0.15, 0.2) is 11.5 Å². The largest absolute Gasteiger partial charge is 0.339 e. The van der Waals surface area contributed by atoms with Crippen LogP contribution in [0, 0.1) is 0 Å². The van der Waals surface area contributed by atoms with Crippen LogP contribution in [0.3, 0.4) is 0 Å². The van der Waals surface area contributed by atoms with Gasteiger partial charge < -0.3 is 5.32 Å². The molecule has 0 bridgehead atoms. The SMILES string of the molecule is CS(=O)c1cccc(Nc2cnc3ccc(-c4cccc(S(C)=O)c4)nn23)c1. The van der Waals surface area contributed by atoms with Gasteiger partial charge in [-0.25, -0.2) is 4.98 Å². The Labute approximate surface area is 167 Å². The first-order valence-corrected chi connectivity index (χ1v) is 11.6. The Morgan fingerprint density at radius 2 is 1.61 bits per heavy atom. The normalized spacial score (nSPS) is 13.4. The van der Waals surface area contributed by atoms with E-state index in [1.807, 2.05) is 60.7 Å². The summed E-state index contributed by atoms with van der Waals surface area (Å²) in [6, 6.07) is 18.8. The first kappa shape index (κ1) is 18.5. The van der Waals surface area contributed by atoms with Gasteiger partial charge in [-0.3, -0.25) is 8.42 Å². The van der Waals surface area contributed by atoms with Crippen molar-refractivity contribution < 1.29 is 8.42 Å². The van der Waals surface area contributed by atoms with E-state index in [0.717, 1.165) is 26.7 Å². The molecule has 0 aliphatic rings. The average Bonchev–Trinajstić information content (AvgIpc) is 3.10. The Kier molecular flexibility index (Phi) is 5.06. The molecule has 2 unspecified atom stereocenters. The summed E-state index contributed by atoms with van der Waals surface area (Å²) in [4.78, 5) is 5.89. The van der Waals surface area contributed by atoms with Gasteiger partial charge in [-0.2, -0.15) is 9.61 Å². The lowest BCUT2D eigenvalue weighted by molar-refractivity contribution is 0.686. The van der Waals surface area contributed by atoms with Crippen LogP contribution in [0.5, 0.6) is 0 Å². The monoisotopic (exact) mass is 410 g/mol. The van der Waals surface area contributed by atoms with Crippen LogP contribution in [-0.2, 0) is 21.6 Å². The molecule has 2 aromatic carbocycles. The highest BCUT2D eigenvalue weighted by Gasteiger charge is 2.09. The zero-order chi connectivity index (χ0) is 19.7. The zero-order valence-electron chi connectivity index (χ0n) is 15.3. The van der Waals surface area contributed by atoms with Crippen LogP contribution in [0.25, 0.3) is 16.9 Å². The minimum atomic E-state index is -1.05. The molecule has 2 aromatic heterocycles. The molecule has 0 saturated heterocycles. The van der Waals surface area contributed by atoms with E-state index in [-0.39, 0.29) is 0 Å². The molecule has 0 saturated carbocycles. The molecule has 1 N–H and O–H groups in total. The quantitative estimate of drug-likeness (QED) is 0.544. The Balaban J connectivity index is 1.73. The summed E-state index contributed by atoms with van der Waals surface area (Å²) in [6.45, 7) is 0. The van der Waals surface area contributed by atoms with Crippen molar-refractivity contribution in [1.29, 1.82) is 0 Å². The minimum Gasteiger partial charge on any atom is -0.339 e. The number of rotatable bonds is 5. The summed E-state index contributed by atoms with van der Waals surface area (Å²) in [5, 5.41) is 7.98. The lowest BCUT2D eigenvalue weighted by Crippen LogP contribution is -2.01.